The molecule has 2 fully saturated rings. The van der Waals surface area contributed by atoms with Crippen LogP contribution in [0.3, 0.4) is 0 Å². The van der Waals surface area contributed by atoms with Gasteiger partial charge in [0.05, 0.1) is 0 Å². The fourth-order valence-electron chi connectivity index (χ4n) is 3.91. The maximum atomic E-state index is 12.1. The fourth-order valence-corrected chi connectivity index (χ4v) is 3.91. The lowest BCUT2D eigenvalue weighted by Gasteiger charge is -2.21. The summed E-state index contributed by atoms with van der Waals surface area (Å²) in [4.78, 5) is 24.0. The van der Waals surface area contributed by atoms with Crippen molar-refractivity contribution in [2.75, 3.05) is 19.6 Å². The Balaban J connectivity index is 0.00000264. The molecule has 0 aromatic heterocycles. The summed E-state index contributed by atoms with van der Waals surface area (Å²) in [6, 6.07) is 0. The molecule has 134 valence electrons. The van der Waals surface area contributed by atoms with Crippen LogP contribution in [0.1, 0.15) is 57.8 Å². The minimum Gasteiger partial charge on any atom is -0.354 e. The average molecular weight is 346 g/mol. The summed E-state index contributed by atoms with van der Waals surface area (Å²) in [6.45, 7) is 1.64. The summed E-state index contributed by atoms with van der Waals surface area (Å²) >= 11 is 0. The van der Waals surface area contributed by atoms with Gasteiger partial charge in [-0.1, -0.05) is 25.7 Å². The van der Waals surface area contributed by atoms with Gasteiger partial charge < -0.3 is 16.4 Å². The highest BCUT2D eigenvalue weighted by Gasteiger charge is 2.31. The molecule has 0 aromatic rings. The van der Waals surface area contributed by atoms with Gasteiger partial charge in [0.2, 0.25) is 11.8 Å². The number of nitrogens with one attached hydrogen (secondary N) is 2. The summed E-state index contributed by atoms with van der Waals surface area (Å²) in [5, 5.41) is 5.86. The summed E-state index contributed by atoms with van der Waals surface area (Å²) in [7, 11) is 0. The van der Waals surface area contributed by atoms with Crippen LogP contribution in [0, 0.1) is 17.8 Å². The Bertz CT molecular complexity index is 373. The van der Waals surface area contributed by atoms with Gasteiger partial charge >= 0.3 is 0 Å². The Kier molecular flexibility index (Phi) is 9.56. The average Bonchev–Trinajstić information content (AvgIpc) is 3.01. The molecule has 2 saturated carbocycles. The molecule has 0 aromatic carbocycles. The number of hydrogen-bond acceptors (Lipinski definition) is 3. The number of amides is 2. The van der Waals surface area contributed by atoms with Crippen LogP contribution in [0.15, 0.2) is 0 Å². The fraction of sp³-hybridized carbons (Fsp3) is 0.882. The van der Waals surface area contributed by atoms with Crippen LogP contribution in [0.4, 0.5) is 0 Å². The van der Waals surface area contributed by atoms with Crippen molar-refractivity contribution in [3.8, 4) is 0 Å². The van der Waals surface area contributed by atoms with Crippen molar-refractivity contribution >= 4 is 24.2 Å². The third kappa shape index (κ3) is 6.68. The third-order valence-electron chi connectivity index (χ3n) is 5.24. The zero-order valence-electron chi connectivity index (χ0n) is 14.0. The molecule has 5 nitrogen and oxygen atoms in total. The van der Waals surface area contributed by atoms with Crippen molar-refractivity contribution in [2.45, 2.75) is 57.8 Å². The zero-order chi connectivity index (χ0) is 15.8. The first-order valence-corrected chi connectivity index (χ1v) is 8.95. The lowest BCUT2D eigenvalue weighted by molar-refractivity contribution is -0.126. The molecule has 0 bridgehead atoms. The summed E-state index contributed by atoms with van der Waals surface area (Å²) < 4.78 is 0. The molecule has 4 N–H and O–H groups in total. The first-order chi connectivity index (χ1) is 10.7. The van der Waals surface area contributed by atoms with Crippen molar-refractivity contribution in [3.63, 3.8) is 0 Å². The van der Waals surface area contributed by atoms with Crippen LogP contribution in [0.5, 0.6) is 0 Å². The van der Waals surface area contributed by atoms with Crippen molar-refractivity contribution in [3.05, 3.63) is 0 Å². The van der Waals surface area contributed by atoms with Gasteiger partial charge in [-0.05, 0) is 44.1 Å². The van der Waals surface area contributed by atoms with Gasteiger partial charge in [0, 0.05) is 25.4 Å². The van der Waals surface area contributed by atoms with Crippen LogP contribution in [-0.4, -0.2) is 31.4 Å². The smallest absolute Gasteiger partial charge is 0.223 e. The maximum absolute atomic E-state index is 12.1. The number of nitrogens with two attached hydrogens (primary N) is 1. The first-order valence-electron chi connectivity index (χ1n) is 8.95. The lowest BCUT2D eigenvalue weighted by Crippen LogP contribution is -2.39. The summed E-state index contributed by atoms with van der Waals surface area (Å²) in [5.41, 5.74) is 5.71. The number of carbonyl (C=O) groups excluding carboxylic acids is 2. The molecule has 2 atom stereocenters. The molecule has 0 radical (unpaired) electrons. The number of hydrogen-bond donors (Lipinski definition) is 3. The second-order valence-corrected chi connectivity index (χ2v) is 6.88. The van der Waals surface area contributed by atoms with E-state index in [2.05, 4.69) is 10.6 Å². The first kappa shape index (κ1) is 20.2. The molecule has 2 aliphatic rings. The van der Waals surface area contributed by atoms with E-state index in [0.29, 0.717) is 37.9 Å². The van der Waals surface area contributed by atoms with E-state index in [1.54, 1.807) is 0 Å². The zero-order valence-corrected chi connectivity index (χ0v) is 14.8. The van der Waals surface area contributed by atoms with Crippen LogP contribution in [-0.2, 0) is 9.59 Å². The Morgan fingerprint density at radius 2 is 1.61 bits per heavy atom. The quantitative estimate of drug-likeness (QED) is 0.617. The number of rotatable bonds is 7. The Morgan fingerprint density at radius 1 is 0.913 bits per heavy atom. The van der Waals surface area contributed by atoms with Gasteiger partial charge in [-0.15, -0.1) is 12.4 Å². The molecule has 2 rings (SSSR count). The van der Waals surface area contributed by atoms with E-state index in [1.807, 2.05) is 0 Å². The highest BCUT2D eigenvalue weighted by Crippen LogP contribution is 2.30. The second kappa shape index (κ2) is 10.9. The molecule has 0 saturated heterocycles. The standard InChI is InChI=1S/C17H31N3O2.ClH/c18-12-14-7-4-8-15(14)17(22)20-10-9-19-16(21)11-13-5-2-1-3-6-13;/h13-15H,1-12,18H2,(H,19,21)(H,20,22);1H/t14-,15-;/m1./s1. The largest absolute Gasteiger partial charge is 0.354 e. The normalized spacial score (nSPS) is 24.7. The van der Waals surface area contributed by atoms with E-state index in [-0.39, 0.29) is 30.1 Å². The highest BCUT2D eigenvalue weighted by molar-refractivity contribution is 5.85. The SMILES string of the molecule is Cl.NC[C@H]1CCC[C@H]1C(=O)NCCNC(=O)CC1CCCCC1. The van der Waals surface area contributed by atoms with Crippen LogP contribution in [0.2, 0.25) is 0 Å². The van der Waals surface area contributed by atoms with Crippen LogP contribution >= 0.6 is 12.4 Å². The van der Waals surface area contributed by atoms with E-state index >= 15 is 0 Å². The van der Waals surface area contributed by atoms with Gasteiger partial charge in [-0.25, -0.2) is 0 Å². The van der Waals surface area contributed by atoms with Crippen LogP contribution < -0.4 is 16.4 Å². The van der Waals surface area contributed by atoms with Crippen molar-refractivity contribution in [1.82, 2.24) is 10.6 Å². The number of carbonyl (C=O) groups is 2. The molecule has 0 aliphatic heterocycles. The van der Waals surface area contributed by atoms with Crippen molar-refractivity contribution < 1.29 is 9.59 Å². The Hall–Kier alpha value is -0.810. The molecular formula is C17H32ClN3O2. The van der Waals surface area contributed by atoms with E-state index in [9.17, 15) is 9.59 Å². The van der Waals surface area contributed by atoms with Gasteiger partial charge in [-0.3, -0.25) is 9.59 Å². The Morgan fingerprint density at radius 3 is 2.30 bits per heavy atom. The molecule has 0 unspecified atom stereocenters. The minimum atomic E-state index is 0. The van der Waals surface area contributed by atoms with Gasteiger partial charge in [0.1, 0.15) is 0 Å². The minimum absolute atomic E-state index is 0. The molecular weight excluding hydrogens is 314 g/mol. The second-order valence-electron chi connectivity index (χ2n) is 6.88. The van der Waals surface area contributed by atoms with Gasteiger partial charge in [0.15, 0.2) is 0 Å². The molecule has 0 spiro atoms. The third-order valence-corrected chi connectivity index (χ3v) is 5.24. The molecule has 2 aliphatic carbocycles. The lowest BCUT2D eigenvalue weighted by atomic mass is 9.87. The predicted molar refractivity (Wildman–Crippen MR) is 94.3 cm³/mol. The summed E-state index contributed by atoms with van der Waals surface area (Å²) in [6.07, 6.45) is 9.96. The predicted octanol–water partition coefficient (Wildman–Crippen LogP) is 1.99. The van der Waals surface area contributed by atoms with Crippen molar-refractivity contribution in [2.24, 2.45) is 23.5 Å². The highest BCUT2D eigenvalue weighted by atomic mass is 35.5. The molecule has 0 heterocycles. The Labute approximate surface area is 145 Å². The van der Waals surface area contributed by atoms with E-state index in [4.69, 9.17) is 5.73 Å². The van der Waals surface area contributed by atoms with E-state index in [1.165, 1.54) is 32.1 Å². The number of halogens is 1. The van der Waals surface area contributed by atoms with Gasteiger partial charge in [0.25, 0.3) is 0 Å². The van der Waals surface area contributed by atoms with Crippen molar-refractivity contribution in [1.29, 1.82) is 0 Å². The van der Waals surface area contributed by atoms with E-state index in [0.717, 1.165) is 19.3 Å². The van der Waals surface area contributed by atoms with Gasteiger partial charge in [-0.2, -0.15) is 0 Å². The summed E-state index contributed by atoms with van der Waals surface area (Å²) in [5.74, 6) is 1.20. The molecule has 23 heavy (non-hydrogen) atoms. The van der Waals surface area contributed by atoms with Crippen LogP contribution in [0.25, 0.3) is 0 Å². The van der Waals surface area contributed by atoms with E-state index < -0.39 is 0 Å². The monoisotopic (exact) mass is 345 g/mol. The topological polar surface area (TPSA) is 84.2 Å². The molecule has 2 amide bonds. The molecule has 6 heteroatoms. The maximum Gasteiger partial charge on any atom is 0.223 e.